The van der Waals surface area contributed by atoms with Crippen LogP contribution < -0.4 is 4.74 Å². The lowest BCUT2D eigenvalue weighted by Crippen LogP contribution is -2.03. The predicted octanol–water partition coefficient (Wildman–Crippen LogP) is 2.75. The van der Waals surface area contributed by atoms with Crippen molar-refractivity contribution in [1.29, 1.82) is 0 Å². The van der Waals surface area contributed by atoms with E-state index < -0.39 is 0 Å². The van der Waals surface area contributed by atoms with E-state index in [9.17, 15) is 10.1 Å². The maximum absolute atomic E-state index is 10.9. The molecule has 0 atom stereocenters. The number of aromatic nitrogens is 1. The quantitative estimate of drug-likeness (QED) is 0.582. The lowest BCUT2D eigenvalue weighted by atomic mass is 10.1. The number of ether oxygens (including phenoxy) is 1. The van der Waals surface area contributed by atoms with Crippen molar-refractivity contribution >= 4 is 6.08 Å². The molecule has 1 aromatic rings. The highest BCUT2D eigenvalue weighted by atomic mass is 16.6. The van der Waals surface area contributed by atoms with E-state index >= 15 is 0 Å². The average molecular weight is 236 g/mol. The first-order chi connectivity index (χ1) is 8.02. The molecule has 1 aromatic heterocycles. The average Bonchev–Trinajstić information content (AvgIpc) is 2.27. The highest BCUT2D eigenvalue weighted by Crippen LogP contribution is 2.16. The van der Waals surface area contributed by atoms with Crippen LogP contribution in [0.4, 0.5) is 0 Å². The van der Waals surface area contributed by atoms with E-state index in [1.807, 2.05) is 13.8 Å². The van der Waals surface area contributed by atoms with Crippen molar-refractivity contribution in [1.82, 2.24) is 4.98 Å². The SMILES string of the molecule is COc1cccc(/C=C(/CC(C)C)[N+](=O)[O-])n1. The minimum Gasteiger partial charge on any atom is -0.481 e. The van der Waals surface area contributed by atoms with E-state index in [0.717, 1.165) is 0 Å². The maximum Gasteiger partial charge on any atom is 0.248 e. The van der Waals surface area contributed by atoms with Gasteiger partial charge in [0.2, 0.25) is 11.6 Å². The van der Waals surface area contributed by atoms with Crippen molar-refractivity contribution in [3.63, 3.8) is 0 Å². The number of pyridine rings is 1. The minimum absolute atomic E-state index is 0.167. The third-order valence-electron chi connectivity index (χ3n) is 2.12. The van der Waals surface area contributed by atoms with Crippen molar-refractivity contribution in [3.05, 3.63) is 39.7 Å². The van der Waals surface area contributed by atoms with Gasteiger partial charge in [0.05, 0.1) is 17.7 Å². The molecule has 0 radical (unpaired) electrons. The van der Waals surface area contributed by atoms with Gasteiger partial charge < -0.3 is 4.74 Å². The van der Waals surface area contributed by atoms with Crippen LogP contribution in [0, 0.1) is 16.0 Å². The Morgan fingerprint density at radius 2 is 2.29 bits per heavy atom. The number of rotatable bonds is 5. The summed E-state index contributed by atoms with van der Waals surface area (Å²) in [6.45, 7) is 3.88. The number of nitrogens with zero attached hydrogens (tertiary/aromatic N) is 2. The van der Waals surface area contributed by atoms with Crippen molar-refractivity contribution < 1.29 is 9.66 Å². The fraction of sp³-hybridized carbons (Fsp3) is 0.417. The number of allylic oxidation sites excluding steroid dienone is 1. The fourth-order valence-electron chi connectivity index (χ4n) is 1.40. The molecule has 0 spiro atoms. The van der Waals surface area contributed by atoms with Crippen LogP contribution in [0.3, 0.4) is 0 Å². The van der Waals surface area contributed by atoms with Crippen molar-refractivity contribution in [2.75, 3.05) is 7.11 Å². The van der Waals surface area contributed by atoms with Gasteiger partial charge in [-0.05, 0) is 12.0 Å². The van der Waals surface area contributed by atoms with Crippen LogP contribution in [0.25, 0.3) is 6.08 Å². The zero-order valence-electron chi connectivity index (χ0n) is 10.2. The van der Waals surface area contributed by atoms with Crippen molar-refractivity contribution in [2.24, 2.45) is 5.92 Å². The van der Waals surface area contributed by atoms with Gasteiger partial charge in [-0.15, -0.1) is 0 Å². The monoisotopic (exact) mass is 236 g/mol. The molecule has 0 unspecified atom stereocenters. The second kappa shape index (κ2) is 5.98. The Labute approximate surface area is 100 Å². The maximum atomic E-state index is 10.9. The van der Waals surface area contributed by atoms with E-state index in [1.54, 1.807) is 18.2 Å². The molecule has 0 aliphatic rings. The molecule has 5 nitrogen and oxygen atoms in total. The van der Waals surface area contributed by atoms with Gasteiger partial charge in [-0.2, -0.15) is 0 Å². The Balaban J connectivity index is 2.99. The van der Waals surface area contributed by atoms with E-state index in [-0.39, 0.29) is 16.5 Å². The molecule has 1 rings (SSSR count). The normalized spacial score (nSPS) is 11.6. The summed E-state index contributed by atoms with van der Waals surface area (Å²) in [5.74, 6) is 0.684. The Morgan fingerprint density at radius 3 is 2.82 bits per heavy atom. The van der Waals surface area contributed by atoms with E-state index in [2.05, 4.69) is 4.98 Å². The van der Waals surface area contributed by atoms with E-state index in [1.165, 1.54) is 13.2 Å². The molecule has 0 bridgehead atoms. The lowest BCUT2D eigenvalue weighted by molar-refractivity contribution is -0.427. The van der Waals surface area contributed by atoms with Crippen molar-refractivity contribution in [2.45, 2.75) is 20.3 Å². The van der Waals surface area contributed by atoms with Gasteiger partial charge in [-0.3, -0.25) is 10.1 Å². The van der Waals surface area contributed by atoms with Crippen LogP contribution in [0.15, 0.2) is 23.9 Å². The molecule has 0 saturated heterocycles. The first kappa shape index (κ1) is 13.2. The molecule has 0 amide bonds. The molecule has 1 heterocycles. The summed E-state index contributed by atoms with van der Waals surface area (Å²) < 4.78 is 4.97. The number of hydrogen-bond acceptors (Lipinski definition) is 4. The molecule has 92 valence electrons. The summed E-state index contributed by atoms with van der Waals surface area (Å²) in [5.41, 5.74) is 0.706. The third-order valence-corrected chi connectivity index (χ3v) is 2.12. The summed E-state index contributed by atoms with van der Waals surface area (Å²) >= 11 is 0. The summed E-state index contributed by atoms with van der Waals surface area (Å²) in [6.07, 6.45) is 1.91. The van der Waals surface area contributed by atoms with Crippen LogP contribution in [0.1, 0.15) is 26.0 Å². The first-order valence-electron chi connectivity index (χ1n) is 5.39. The van der Waals surface area contributed by atoms with Crippen LogP contribution in [-0.4, -0.2) is 17.0 Å². The number of hydrogen-bond donors (Lipinski definition) is 0. The van der Waals surface area contributed by atoms with E-state index in [4.69, 9.17) is 4.74 Å². The second-order valence-electron chi connectivity index (χ2n) is 4.10. The molecule has 0 aromatic carbocycles. The van der Waals surface area contributed by atoms with Crippen LogP contribution in [0.5, 0.6) is 5.88 Å². The number of methoxy groups -OCH3 is 1. The lowest BCUT2D eigenvalue weighted by Gasteiger charge is -2.03. The summed E-state index contributed by atoms with van der Waals surface area (Å²) in [5, 5.41) is 10.9. The Hall–Kier alpha value is -1.91. The molecule has 0 aliphatic carbocycles. The topological polar surface area (TPSA) is 65.3 Å². The fourth-order valence-corrected chi connectivity index (χ4v) is 1.40. The largest absolute Gasteiger partial charge is 0.481 e. The van der Waals surface area contributed by atoms with Gasteiger partial charge >= 0.3 is 0 Å². The smallest absolute Gasteiger partial charge is 0.248 e. The van der Waals surface area contributed by atoms with Crippen LogP contribution in [0.2, 0.25) is 0 Å². The molecule has 0 fully saturated rings. The molecule has 5 heteroatoms. The van der Waals surface area contributed by atoms with Crippen LogP contribution in [-0.2, 0) is 0 Å². The highest BCUT2D eigenvalue weighted by Gasteiger charge is 2.13. The summed E-state index contributed by atoms with van der Waals surface area (Å²) in [7, 11) is 1.51. The standard InChI is InChI=1S/C12H16N2O3/c1-9(2)7-11(14(15)16)8-10-5-4-6-12(13-10)17-3/h4-6,8-9H,7H2,1-3H3/b11-8-. The van der Waals surface area contributed by atoms with Gasteiger partial charge in [0.15, 0.2) is 0 Å². The molecule has 0 N–H and O–H groups in total. The highest BCUT2D eigenvalue weighted by molar-refractivity contribution is 5.47. The Morgan fingerprint density at radius 1 is 1.59 bits per heavy atom. The Kier molecular flexibility index (Phi) is 4.63. The third kappa shape index (κ3) is 4.22. The predicted molar refractivity (Wildman–Crippen MR) is 65.2 cm³/mol. The molecule has 17 heavy (non-hydrogen) atoms. The van der Waals surface area contributed by atoms with Crippen LogP contribution >= 0.6 is 0 Å². The second-order valence-corrected chi connectivity index (χ2v) is 4.10. The first-order valence-corrected chi connectivity index (χ1v) is 5.39. The Bertz CT molecular complexity index is 428. The van der Waals surface area contributed by atoms with Gasteiger partial charge in [-0.1, -0.05) is 19.9 Å². The van der Waals surface area contributed by atoms with Gasteiger partial charge in [0, 0.05) is 18.6 Å². The zero-order valence-corrected chi connectivity index (χ0v) is 10.2. The number of nitro groups is 1. The molecule has 0 aliphatic heterocycles. The molecular weight excluding hydrogens is 220 g/mol. The van der Waals surface area contributed by atoms with Crippen molar-refractivity contribution in [3.8, 4) is 5.88 Å². The van der Waals surface area contributed by atoms with Gasteiger partial charge in [-0.25, -0.2) is 4.98 Å². The van der Waals surface area contributed by atoms with Gasteiger partial charge in [0.25, 0.3) is 0 Å². The van der Waals surface area contributed by atoms with E-state index in [0.29, 0.717) is 18.0 Å². The summed E-state index contributed by atoms with van der Waals surface area (Å²) in [4.78, 5) is 14.6. The minimum atomic E-state index is -0.360. The zero-order chi connectivity index (χ0) is 12.8. The molecule has 0 saturated carbocycles. The summed E-state index contributed by atoms with van der Waals surface area (Å²) in [6, 6.07) is 5.17. The van der Waals surface area contributed by atoms with Gasteiger partial charge in [0.1, 0.15) is 0 Å². The molecular formula is C12H16N2O3.